The van der Waals surface area contributed by atoms with E-state index in [1.54, 1.807) is 0 Å². The summed E-state index contributed by atoms with van der Waals surface area (Å²) >= 11 is 0. The van der Waals surface area contributed by atoms with Gasteiger partial charge in [-0.25, -0.2) is 8.78 Å². The van der Waals surface area contributed by atoms with Crippen molar-refractivity contribution in [2.24, 2.45) is 5.73 Å². The summed E-state index contributed by atoms with van der Waals surface area (Å²) in [5.74, 6) is -2.90. The summed E-state index contributed by atoms with van der Waals surface area (Å²) in [6, 6.07) is 5.80. The molecule has 0 radical (unpaired) electrons. The zero-order valence-corrected chi connectivity index (χ0v) is 7.00. The highest BCUT2D eigenvalue weighted by Crippen LogP contribution is 2.20. The van der Waals surface area contributed by atoms with E-state index in [1.165, 1.54) is 24.3 Å². The number of benzene rings is 1. The third-order valence-electron chi connectivity index (χ3n) is 1.67. The molecular formula is C9H11F2NO. The van der Waals surface area contributed by atoms with Crippen molar-refractivity contribution < 1.29 is 13.9 Å². The van der Waals surface area contributed by atoms with Crippen molar-refractivity contribution >= 4 is 0 Å². The van der Waals surface area contributed by atoms with Crippen LogP contribution in [0.15, 0.2) is 24.3 Å². The summed E-state index contributed by atoms with van der Waals surface area (Å²) in [7, 11) is 0. The fourth-order valence-electron chi connectivity index (χ4n) is 1.04. The van der Waals surface area contributed by atoms with Crippen LogP contribution in [0.3, 0.4) is 0 Å². The summed E-state index contributed by atoms with van der Waals surface area (Å²) in [6.07, 6.45) is -0.433. The first-order chi connectivity index (χ1) is 6.03. The number of hydrogen-bond acceptors (Lipinski definition) is 2. The molecule has 3 N–H and O–H groups in total. The lowest BCUT2D eigenvalue weighted by atomic mass is 10.1. The SMILES string of the molecule is NCC(F)(F)Cc1cccc(O)c1. The number of rotatable bonds is 3. The molecule has 0 saturated carbocycles. The van der Waals surface area contributed by atoms with E-state index in [1.807, 2.05) is 0 Å². The average molecular weight is 187 g/mol. The number of halogens is 2. The fourth-order valence-corrected chi connectivity index (χ4v) is 1.04. The molecular weight excluding hydrogens is 176 g/mol. The van der Waals surface area contributed by atoms with Gasteiger partial charge in [-0.2, -0.15) is 0 Å². The van der Waals surface area contributed by atoms with Crippen LogP contribution in [0.25, 0.3) is 0 Å². The molecule has 0 aliphatic carbocycles. The highest BCUT2D eigenvalue weighted by atomic mass is 19.3. The van der Waals surface area contributed by atoms with E-state index in [0.717, 1.165) is 0 Å². The Balaban J connectivity index is 2.74. The lowest BCUT2D eigenvalue weighted by molar-refractivity contribution is 0.0115. The van der Waals surface area contributed by atoms with Crippen molar-refractivity contribution in [3.63, 3.8) is 0 Å². The minimum absolute atomic E-state index is 0.00896. The molecule has 0 saturated heterocycles. The molecule has 1 aromatic carbocycles. The maximum Gasteiger partial charge on any atom is 0.264 e. The Hall–Kier alpha value is -1.16. The zero-order chi connectivity index (χ0) is 9.90. The largest absolute Gasteiger partial charge is 0.508 e. The van der Waals surface area contributed by atoms with E-state index >= 15 is 0 Å². The number of phenols is 1. The zero-order valence-electron chi connectivity index (χ0n) is 7.00. The molecule has 4 heteroatoms. The average Bonchev–Trinajstić information content (AvgIpc) is 2.03. The summed E-state index contributed by atoms with van der Waals surface area (Å²) < 4.78 is 25.5. The Morgan fingerprint density at radius 1 is 1.38 bits per heavy atom. The van der Waals surface area contributed by atoms with Crippen LogP contribution < -0.4 is 5.73 Å². The normalized spacial score (nSPS) is 11.6. The number of phenolic OH excluding ortho intramolecular Hbond substituents is 1. The Kier molecular flexibility index (Phi) is 2.83. The minimum Gasteiger partial charge on any atom is -0.508 e. The molecule has 0 atom stereocenters. The van der Waals surface area contributed by atoms with Crippen LogP contribution in [-0.2, 0) is 6.42 Å². The Labute approximate surface area is 75.0 Å². The minimum atomic E-state index is -2.90. The molecule has 72 valence electrons. The van der Waals surface area contributed by atoms with Gasteiger partial charge in [-0.3, -0.25) is 0 Å². The summed E-state index contributed by atoms with van der Waals surface area (Å²) in [6.45, 7) is -0.678. The molecule has 0 aliphatic rings. The second kappa shape index (κ2) is 3.70. The van der Waals surface area contributed by atoms with Crippen LogP contribution in [-0.4, -0.2) is 17.6 Å². The highest BCUT2D eigenvalue weighted by molar-refractivity contribution is 5.27. The summed E-state index contributed by atoms with van der Waals surface area (Å²) in [5.41, 5.74) is 5.26. The molecule has 13 heavy (non-hydrogen) atoms. The van der Waals surface area contributed by atoms with Gasteiger partial charge in [0.25, 0.3) is 5.92 Å². The highest BCUT2D eigenvalue weighted by Gasteiger charge is 2.26. The predicted octanol–water partition coefficient (Wildman–Crippen LogP) is 1.53. The second-order valence-corrected chi connectivity index (χ2v) is 2.91. The molecule has 0 aromatic heterocycles. The van der Waals surface area contributed by atoms with Crippen LogP contribution in [0.1, 0.15) is 5.56 Å². The van der Waals surface area contributed by atoms with Gasteiger partial charge in [0.15, 0.2) is 0 Å². The monoisotopic (exact) mass is 187 g/mol. The van der Waals surface area contributed by atoms with E-state index < -0.39 is 18.9 Å². The van der Waals surface area contributed by atoms with Gasteiger partial charge in [0.2, 0.25) is 0 Å². The Morgan fingerprint density at radius 2 is 2.08 bits per heavy atom. The fraction of sp³-hybridized carbons (Fsp3) is 0.333. The van der Waals surface area contributed by atoms with Crippen LogP contribution in [0, 0.1) is 0 Å². The summed E-state index contributed by atoms with van der Waals surface area (Å²) in [5, 5.41) is 9.01. The van der Waals surface area contributed by atoms with E-state index in [4.69, 9.17) is 10.8 Å². The topological polar surface area (TPSA) is 46.2 Å². The molecule has 0 bridgehead atoms. The third-order valence-corrected chi connectivity index (χ3v) is 1.67. The molecule has 0 unspecified atom stereocenters. The smallest absolute Gasteiger partial charge is 0.264 e. The Bertz CT molecular complexity index is 289. The Morgan fingerprint density at radius 3 is 2.62 bits per heavy atom. The molecule has 0 fully saturated rings. The van der Waals surface area contributed by atoms with Crippen molar-refractivity contribution in [1.29, 1.82) is 0 Å². The van der Waals surface area contributed by atoms with Gasteiger partial charge >= 0.3 is 0 Å². The number of aromatic hydroxyl groups is 1. The van der Waals surface area contributed by atoms with Gasteiger partial charge < -0.3 is 10.8 Å². The molecule has 1 rings (SSSR count). The van der Waals surface area contributed by atoms with Crippen molar-refractivity contribution in [3.8, 4) is 5.75 Å². The molecule has 1 aromatic rings. The van der Waals surface area contributed by atoms with Crippen molar-refractivity contribution in [3.05, 3.63) is 29.8 Å². The first-order valence-corrected chi connectivity index (χ1v) is 3.89. The standard InChI is InChI=1S/C9H11F2NO/c10-9(11,6-12)5-7-2-1-3-8(13)4-7/h1-4,13H,5-6,12H2. The van der Waals surface area contributed by atoms with E-state index in [0.29, 0.717) is 5.56 Å². The van der Waals surface area contributed by atoms with Gasteiger partial charge in [0, 0.05) is 6.42 Å². The molecule has 2 nitrogen and oxygen atoms in total. The van der Waals surface area contributed by atoms with Gasteiger partial charge in [-0.15, -0.1) is 0 Å². The first kappa shape index (κ1) is 9.92. The van der Waals surface area contributed by atoms with Gasteiger partial charge in [-0.1, -0.05) is 12.1 Å². The van der Waals surface area contributed by atoms with Crippen molar-refractivity contribution in [1.82, 2.24) is 0 Å². The second-order valence-electron chi connectivity index (χ2n) is 2.91. The van der Waals surface area contributed by atoms with E-state index in [2.05, 4.69) is 0 Å². The van der Waals surface area contributed by atoms with Crippen molar-refractivity contribution in [2.45, 2.75) is 12.3 Å². The number of alkyl halides is 2. The quantitative estimate of drug-likeness (QED) is 0.753. The van der Waals surface area contributed by atoms with E-state index in [9.17, 15) is 8.78 Å². The molecule has 0 aliphatic heterocycles. The summed E-state index contributed by atoms with van der Waals surface area (Å²) in [4.78, 5) is 0. The van der Waals surface area contributed by atoms with Gasteiger partial charge in [-0.05, 0) is 17.7 Å². The number of hydrogen-bond donors (Lipinski definition) is 2. The van der Waals surface area contributed by atoms with E-state index in [-0.39, 0.29) is 5.75 Å². The van der Waals surface area contributed by atoms with Crippen molar-refractivity contribution in [2.75, 3.05) is 6.54 Å². The first-order valence-electron chi connectivity index (χ1n) is 3.89. The van der Waals surface area contributed by atoms with Gasteiger partial charge in [0.1, 0.15) is 5.75 Å². The van der Waals surface area contributed by atoms with Crippen LogP contribution in [0.4, 0.5) is 8.78 Å². The maximum absolute atomic E-state index is 12.8. The molecule has 0 heterocycles. The van der Waals surface area contributed by atoms with Crippen LogP contribution in [0.2, 0.25) is 0 Å². The predicted molar refractivity (Wildman–Crippen MR) is 45.8 cm³/mol. The van der Waals surface area contributed by atoms with Crippen LogP contribution in [0.5, 0.6) is 5.75 Å². The number of nitrogens with two attached hydrogens (primary N) is 1. The lowest BCUT2D eigenvalue weighted by Crippen LogP contribution is -2.30. The lowest BCUT2D eigenvalue weighted by Gasteiger charge is -2.13. The third kappa shape index (κ3) is 2.99. The maximum atomic E-state index is 12.8. The van der Waals surface area contributed by atoms with Crippen LogP contribution >= 0.6 is 0 Å². The molecule has 0 spiro atoms. The van der Waals surface area contributed by atoms with Gasteiger partial charge in [0.05, 0.1) is 6.54 Å². The molecule has 0 amide bonds.